The molecule has 0 radical (unpaired) electrons. The molecular formula is C27H26BrN. The molecule has 4 unspecified atom stereocenters. The van der Waals surface area contributed by atoms with E-state index in [1.807, 2.05) is 12.3 Å². The smallest absolute Gasteiger partial charge is 0.0702 e. The molecule has 29 heavy (non-hydrogen) atoms. The molecule has 2 aromatic carbocycles. The number of aromatic nitrogens is 1. The van der Waals surface area contributed by atoms with Crippen LogP contribution < -0.4 is 0 Å². The largest absolute Gasteiger partial charge is 0.256 e. The molecule has 0 N–H and O–H groups in total. The van der Waals surface area contributed by atoms with Crippen LogP contribution in [0.2, 0.25) is 0 Å². The lowest BCUT2D eigenvalue weighted by molar-refractivity contribution is -0.0297. The molecule has 3 aliphatic rings. The molecule has 0 spiro atoms. The number of halogens is 1. The van der Waals surface area contributed by atoms with Crippen LogP contribution in [0.3, 0.4) is 0 Å². The van der Waals surface area contributed by atoms with E-state index in [4.69, 9.17) is 4.98 Å². The van der Waals surface area contributed by atoms with Crippen LogP contribution in [0.4, 0.5) is 0 Å². The maximum absolute atomic E-state index is 4.83. The highest BCUT2D eigenvalue weighted by atomic mass is 79.9. The Morgan fingerprint density at radius 2 is 1.86 bits per heavy atom. The predicted octanol–water partition coefficient (Wildman–Crippen LogP) is 7.64. The van der Waals surface area contributed by atoms with Crippen molar-refractivity contribution in [1.82, 2.24) is 4.98 Å². The average molecular weight is 444 g/mol. The molecule has 4 atom stereocenters. The van der Waals surface area contributed by atoms with Crippen molar-refractivity contribution in [2.45, 2.75) is 44.9 Å². The zero-order chi connectivity index (χ0) is 19.6. The predicted molar refractivity (Wildman–Crippen MR) is 123 cm³/mol. The van der Waals surface area contributed by atoms with Gasteiger partial charge >= 0.3 is 0 Å². The van der Waals surface area contributed by atoms with Crippen LogP contribution in [-0.4, -0.2) is 4.98 Å². The highest BCUT2D eigenvalue weighted by Crippen LogP contribution is 2.69. The Kier molecular flexibility index (Phi) is 4.03. The molecule has 3 aliphatic carbocycles. The first-order chi connectivity index (χ1) is 14.2. The minimum Gasteiger partial charge on any atom is -0.256 e. The van der Waals surface area contributed by atoms with E-state index in [0.717, 1.165) is 33.5 Å². The van der Waals surface area contributed by atoms with E-state index < -0.39 is 0 Å². The minimum absolute atomic E-state index is 0.660. The van der Waals surface area contributed by atoms with Gasteiger partial charge in [-0.2, -0.15) is 0 Å². The lowest BCUT2D eigenvalue weighted by atomic mass is 9.52. The molecule has 2 fully saturated rings. The average Bonchev–Trinajstić information content (AvgIpc) is 2.98. The van der Waals surface area contributed by atoms with E-state index in [2.05, 4.69) is 71.4 Å². The number of benzene rings is 2. The van der Waals surface area contributed by atoms with Crippen molar-refractivity contribution in [3.05, 3.63) is 76.4 Å². The Hall–Kier alpha value is -1.93. The van der Waals surface area contributed by atoms with E-state index in [0.29, 0.717) is 5.41 Å². The first-order valence-electron chi connectivity index (χ1n) is 11.0. The van der Waals surface area contributed by atoms with Crippen molar-refractivity contribution in [3.8, 4) is 22.4 Å². The molecule has 1 aromatic heterocycles. The lowest BCUT2D eigenvalue weighted by Crippen LogP contribution is -2.46. The van der Waals surface area contributed by atoms with Crippen LogP contribution >= 0.6 is 15.9 Å². The maximum Gasteiger partial charge on any atom is 0.0702 e. The van der Waals surface area contributed by atoms with Gasteiger partial charge in [-0.15, -0.1) is 0 Å². The summed E-state index contributed by atoms with van der Waals surface area (Å²) in [6.45, 7) is 2.43. The minimum atomic E-state index is 0.660. The van der Waals surface area contributed by atoms with Gasteiger partial charge in [-0.1, -0.05) is 59.3 Å². The number of nitrogens with zero attached hydrogens (tertiary/aromatic N) is 1. The Balaban J connectivity index is 1.34. The first-order valence-corrected chi connectivity index (χ1v) is 11.8. The summed E-state index contributed by atoms with van der Waals surface area (Å²) in [5.41, 5.74) is 8.59. The summed E-state index contributed by atoms with van der Waals surface area (Å²) < 4.78 is 1.11. The molecule has 6 rings (SSSR count). The highest BCUT2D eigenvalue weighted by molar-refractivity contribution is 9.10. The fourth-order valence-electron chi connectivity index (χ4n) is 6.79. The molecule has 1 heterocycles. The molecule has 0 aliphatic heterocycles. The van der Waals surface area contributed by atoms with E-state index in [1.165, 1.54) is 43.2 Å². The van der Waals surface area contributed by atoms with Gasteiger partial charge in [0.1, 0.15) is 0 Å². The third-order valence-electron chi connectivity index (χ3n) is 8.34. The highest BCUT2D eigenvalue weighted by Gasteiger charge is 2.60. The van der Waals surface area contributed by atoms with Crippen LogP contribution in [0, 0.1) is 17.3 Å². The quantitative estimate of drug-likeness (QED) is 0.404. The van der Waals surface area contributed by atoms with Gasteiger partial charge in [0, 0.05) is 21.8 Å². The Bertz CT molecular complexity index is 1090. The number of pyridine rings is 1. The molecule has 2 bridgehead atoms. The van der Waals surface area contributed by atoms with Crippen molar-refractivity contribution in [2.75, 3.05) is 0 Å². The van der Waals surface area contributed by atoms with Crippen LogP contribution in [0.5, 0.6) is 0 Å². The number of rotatable bonds is 3. The molecule has 1 nitrogen and oxygen atoms in total. The molecule has 2 heteroatoms. The number of fused-ring (bicyclic) bond motifs is 3. The summed E-state index contributed by atoms with van der Waals surface area (Å²) in [6.07, 6.45) is 8.99. The Morgan fingerprint density at radius 1 is 1.00 bits per heavy atom. The second-order valence-electron chi connectivity index (χ2n) is 9.38. The van der Waals surface area contributed by atoms with Gasteiger partial charge in [-0.05, 0) is 90.2 Å². The van der Waals surface area contributed by atoms with Crippen molar-refractivity contribution in [1.29, 1.82) is 0 Å². The Morgan fingerprint density at radius 3 is 2.66 bits per heavy atom. The van der Waals surface area contributed by atoms with Gasteiger partial charge in [0.05, 0.1) is 5.69 Å². The Labute approximate surface area is 181 Å². The van der Waals surface area contributed by atoms with Crippen molar-refractivity contribution in [3.63, 3.8) is 0 Å². The van der Waals surface area contributed by atoms with Crippen LogP contribution in [0.15, 0.2) is 65.3 Å². The molecule has 146 valence electrons. The standard InChI is InChI=1S/C27H26BrN/c1-2-27-15-20-12-22(27)14-21(27)11-17-7-8-18(13-24(17)20)26-10-9-19(16-29-26)23-5-3-4-6-25(23)28/h3-10,13,16,20-22H,2,11-12,14-15H2,1H3. The molecule has 0 amide bonds. The van der Waals surface area contributed by atoms with Crippen molar-refractivity contribution in [2.24, 2.45) is 17.3 Å². The molecule has 3 aromatic rings. The molecule has 0 saturated heterocycles. The van der Waals surface area contributed by atoms with Gasteiger partial charge in [0.15, 0.2) is 0 Å². The summed E-state index contributed by atoms with van der Waals surface area (Å²) >= 11 is 3.65. The number of hydrogen-bond donors (Lipinski definition) is 0. The topological polar surface area (TPSA) is 12.9 Å². The third-order valence-corrected chi connectivity index (χ3v) is 9.04. The second kappa shape index (κ2) is 6.54. The summed E-state index contributed by atoms with van der Waals surface area (Å²) in [6, 6.07) is 19.9. The third kappa shape index (κ3) is 2.61. The summed E-state index contributed by atoms with van der Waals surface area (Å²) in [5.74, 6) is 2.68. The first kappa shape index (κ1) is 17.9. The van der Waals surface area contributed by atoms with E-state index in [1.54, 1.807) is 11.1 Å². The summed E-state index contributed by atoms with van der Waals surface area (Å²) in [5, 5.41) is 0. The lowest BCUT2D eigenvalue weighted by Gasteiger charge is -2.53. The van der Waals surface area contributed by atoms with Gasteiger partial charge in [-0.3, -0.25) is 4.98 Å². The normalized spacial score (nSPS) is 29.1. The fraction of sp³-hybridized carbons (Fsp3) is 0.370. The number of hydrogen-bond acceptors (Lipinski definition) is 1. The summed E-state index contributed by atoms with van der Waals surface area (Å²) in [7, 11) is 0. The second-order valence-corrected chi connectivity index (χ2v) is 10.2. The maximum atomic E-state index is 4.83. The SMILES string of the molecule is CCC12CC3CC1CC2Cc1ccc(-c2ccc(-c4ccccc4Br)cn2)cc13. The van der Waals surface area contributed by atoms with Crippen molar-refractivity contribution >= 4 is 15.9 Å². The van der Waals surface area contributed by atoms with E-state index >= 15 is 0 Å². The van der Waals surface area contributed by atoms with Gasteiger partial charge < -0.3 is 0 Å². The zero-order valence-electron chi connectivity index (χ0n) is 16.9. The van der Waals surface area contributed by atoms with Gasteiger partial charge in [-0.25, -0.2) is 0 Å². The molecular weight excluding hydrogens is 418 g/mol. The zero-order valence-corrected chi connectivity index (χ0v) is 18.5. The van der Waals surface area contributed by atoms with Crippen LogP contribution in [0.1, 0.15) is 49.7 Å². The van der Waals surface area contributed by atoms with Crippen LogP contribution in [-0.2, 0) is 6.42 Å². The van der Waals surface area contributed by atoms with Gasteiger partial charge in [0.2, 0.25) is 0 Å². The fourth-order valence-corrected chi connectivity index (χ4v) is 7.30. The van der Waals surface area contributed by atoms with E-state index in [9.17, 15) is 0 Å². The monoisotopic (exact) mass is 443 g/mol. The van der Waals surface area contributed by atoms with Crippen molar-refractivity contribution < 1.29 is 0 Å². The van der Waals surface area contributed by atoms with Gasteiger partial charge in [0.25, 0.3) is 0 Å². The molecule has 2 saturated carbocycles. The van der Waals surface area contributed by atoms with E-state index in [-0.39, 0.29) is 0 Å². The summed E-state index contributed by atoms with van der Waals surface area (Å²) in [4.78, 5) is 4.83. The van der Waals surface area contributed by atoms with Crippen LogP contribution in [0.25, 0.3) is 22.4 Å².